The third-order valence-electron chi connectivity index (χ3n) is 4.81. The Morgan fingerprint density at radius 3 is 2.69 bits per heavy atom. The molecule has 6 nitrogen and oxygen atoms in total. The fourth-order valence-electron chi connectivity index (χ4n) is 3.34. The van der Waals surface area contributed by atoms with Crippen molar-refractivity contribution in [3.63, 3.8) is 0 Å². The Hall–Kier alpha value is -1.50. The maximum Gasteiger partial charge on any atom is 0.305 e. The van der Waals surface area contributed by atoms with Crippen LogP contribution in [0.3, 0.4) is 0 Å². The van der Waals surface area contributed by atoms with E-state index in [1.54, 1.807) is 6.92 Å². The van der Waals surface area contributed by atoms with Crippen LogP contribution in [0.5, 0.6) is 0 Å². The van der Waals surface area contributed by atoms with Crippen LogP contribution in [0.1, 0.15) is 69.3 Å². The molecule has 0 spiro atoms. The minimum Gasteiger partial charge on any atom is -0.466 e. The van der Waals surface area contributed by atoms with E-state index in [2.05, 4.69) is 21.8 Å². The summed E-state index contributed by atoms with van der Waals surface area (Å²) >= 11 is 1.50. The zero-order valence-corrected chi connectivity index (χ0v) is 17.0. The van der Waals surface area contributed by atoms with Crippen molar-refractivity contribution >= 4 is 23.6 Å². The highest BCUT2D eigenvalue weighted by Crippen LogP contribution is 2.34. The third-order valence-corrected chi connectivity index (χ3v) is 5.76. The summed E-state index contributed by atoms with van der Waals surface area (Å²) in [5, 5.41) is 3.82. The normalized spacial score (nSPS) is 15.0. The molecule has 0 atom stereocenters. The van der Waals surface area contributed by atoms with E-state index in [1.807, 2.05) is 6.92 Å². The van der Waals surface area contributed by atoms with Crippen LogP contribution < -0.4 is 5.32 Å². The predicted molar refractivity (Wildman–Crippen MR) is 103 cm³/mol. The molecule has 1 aromatic heterocycles. The van der Waals surface area contributed by atoms with Gasteiger partial charge in [-0.2, -0.15) is 0 Å². The molecule has 7 heteroatoms. The molecule has 0 aliphatic heterocycles. The lowest BCUT2D eigenvalue weighted by Crippen LogP contribution is -2.27. The van der Waals surface area contributed by atoms with E-state index in [4.69, 9.17) is 4.74 Å². The largest absolute Gasteiger partial charge is 0.466 e. The number of hydrogen-bond acceptors (Lipinski definition) is 5. The van der Waals surface area contributed by atoms with Crippen molar-refractivity contribution in [1.29, 1.82) is 0 Å². The lowest BCUT2D eigenvalue weighted by atomic mass is 9.95. The highest BCUT2D eigenvalue weighted by Gasteiger charge is 2.22. The van der Waals surface area contributed by atoms with E-state index in [0.717, 1.165) is 10.9 Å². The van der Waals surface area contributed by atoms with Gasteiger partial charge in [0.1, 0.15) is 0 Å². The van der Waals surface area contributed by atoms with Crippen molar-refractivity contribution < 1.29 is 14.3 Å². The predicted octanol–water partition coefficient (Wildman–Crippen LogP) is 3.56. The van der Waals surface area contributed by atoms with E-state index in [0.29, 0.717) is 37.8 Å². The molecule has 1 aromatic rings. The molecule has 1 saturated carbocycles. The summed E-state index contributed by atoms with van der Waals surface area (Å²) in [5.74, 6) is 0.117. The smallest absolute Gasteiger partial charge is 0.305 e. The minimum absolute atomic E-state index is 0.0210. The monoisotopic (exact) mass is 381 g/mol. The zero-order chi connectivity index (χ0) is 18.9. The summed E-state index contributed by atoms with van der Waals surface area (Å²) in [7, 11) is 0. The first-order chi connectivity index (χ1) is 12.5. The molecule has 26 heavy (non-hydrogen) atoms. The molecule has 1 aliphatic carbocycles. The van der Waals surface area contributed by atoms with Gasteiger partial charge in [0.15, 0.2) is 5.16 Å². The highest BCUT2D eigenvalue weighted by molar-refractivity contribution is 7.99. The average molecular weight is 382 g/mol. The van der Waals surface area contributed by atoms with Crippen molar-refractivity contribution in [2.24, 2.45) is 0 Å². The molecule has 0 saturated heterocycles. The number of ether oxygens (including phenoxy) is 1. The number of thioether (sulfide) groups is 1. The number of hydrogen-bond donors (Lipinski definition) is 1. The van der Waals surface area contributed by atoms with Crippen LogP contribution in [0.15, 0.2) is 5.16 Å². The number of esters is 1. The fraction of sp³-hybridized carbons (Fsp3) is 0.737. The maximum absolute atomic E-state index is 12.1. The van der Waals surface area contributed by atoms with Crippen LogP contribution in [0.4, 0.5) is 0 Å². The molecule has 1 fully saturated rings. The Morgan fingerprint density at radius 1 is 1.27 bits per heavy atom. The minimum atomic E-state index is -0.211. The second kappa shape index (κ2) is 10.6. The van der Waals surface area contributed by atoms with Crippen molar-refractivity contribution in [3.05, 3.63) is 11.4 Å². The second-order valence-corrected chi connectivity index (χ2v) is 7.72. The first-order valence-electron chi connectivity index (χ1n) is 9.63. The molecule has 0 radical (unpaired) electrons. The number of amides is 1. The number of aryl methyl sites for hydroxylation is 1. The number of rotatable bonds is 9. The van der Waals surface area contributed by atoms with Gasteiger partial charge in [-0.05, 0) is 40.0 Å². The summed E-state index contributed by atoms with van der Waals surface area (Å²) in [4.78, 5) is 28.0. The van der Waals surface area contributed by atoms with Crippen LogP contribution in [0.25, 0.3) is 0 Å². The number of carbonyl (C=O) groups is 2. The van der Waals surface area contributed by atoms with Gasteiger partial charge >= 0.3 is 5.97 Å². The zero-order valence-electron chi connectivity index (χ0n) is 16.2. The van der Waals surface area contributed by atoms with Gasteiger partial charge in [0.05, 0.1) is 18.1 Å². The molecular weight excluding hydrogens is 350 g/mol. The van der Waals surface area contributed by atoms with Gasteiger partial charge in [-0.15, -0.1) is 0 Å². The van der Waals surface area contributed by atoms with Crippen molar-refractivity contribution in [3.8, 4) is 0 Å². The van der Waals surface area contributed by atoms with E-state index in [1.165, 1.54) is 49.6 Å². The van der Waals surface area contributed by atoms with E-state index < -0.39 is 0 Å². The molecule has 0 bridgehead atoms. The molecule has 2 rings (SSSR count). The standard InChI is InChI=1S/C19H31N3O3S/c1-4-25-18(24)11-8-12-20-17(23)13-26-19-21-14(2)15(3)22(19)16-9-6-5-7-10-16/h16H,4-13H2,1-3H3,(H,20,23). The van der Waals surface area contributed by atoms with Gasteiger partial charge in [0.25, 0.3) is 0 Å². The Balaban J connectivity index is 1.80. The number of nitrogens with one attached hydrogen (secondary N) is 1. The van der Waals surface area contributed by atoms with Gasteiger partial charge in [-0.1, -0.05) is 31.0 Å². The molecule has 0 unspecified atom stereocenters. The Labute approximate surface area is 160 Å². The molecule has 1 amide bonds. The summed E-state index contributed by atoms with van der Waals surface area (Å²) in [6.45, 7) is 6.84. The number of nitrogens with zero attached hydrogens (tertiary/aromatic N) is 2. The van der Waals surface area contributed by atoms with Gasteiger partial charge in [0.2, 0.25) is 5.91 Å². The summed E-state index contributed by atoms with van der Waals surface area (Å²) in [6, 6.07) is 0.514. The lowest BCUT2D eigenvalue weighted by molar-refractivity contribution is -0.143. The van der Waals surface area contributed by atoms with Crippen LogP contribution in [0, 0.1) is 13.8 Å². The van der Waals surface area contributed by atoms with Gasteiger partial charge in [-0.3, -0.25) is 9.59 Å². The Bertz CT molecular complexity index is 609. The summed E-state index contributed by atoms with van der Waals surface area (Å²) < 4.78 is 7.21. The summed E-state index contributed by atoms with van der Waals surface area (Å²) in [5.41, 5.74) is 2.27. The SMILES string of the molecule is CCOC(=O)CCCNC(=O)CSc1nc(C)c(C)n1C1CCCCC1. The average Bonchev–Trinajstić information content (AvgIpc) is 2.92. The Kier molecular flexibility index (Phi) is 8.48. The highest BCUT2D eigenvalue weighted by atomic mass is 32.2. The first kappa shape index (κ1) is 20.8. The van der Waals surface area contributed by atoms with Gasteiger partial charge < -0.3 is 14.6 Å². The van der Waals surface area contributed by atoms with Gasteiger partial charge in [-0.25, -0.2) is 4.98 Å². The summed E-state index contributed by atoms with van der Waals surface area (Å²) in [6.07, 6.45) is 7.20. The van der Waals surface area contributed by atoms with Crippen molar-refractivity contribution in [2.45, 2.75) is 76.9 Å². The number of imidazole rings is 1. The number of aromatic nitrogens is 2. The molecule has 1 N–H and O–H groups in total. The van der Waals surface area contributed by atoms with Crippen molar-refractivity contribution in [2.75, 3.05) is 18.9 Å². The number of carbonyl (C=O) groups excluding carboxylic acids is 2. The van der Waals surface area contributed by atoms with Crippen LogP contribution in [-0.4, -0.2) is 40.3 Å². The maximum atomic E-state index is 12.1. The topological polar surface area (TPSA) is 73.2 Å². The van der Waals surface area contributed by atoms with Crippen LogP contribution in [0.2, 0.25) is 0 Å². The van der Waals surface area contributed by atoms with Gasteiger partial charge in [0, 0.05) is 24.7 Å². The van der Waals surface area contributed by atoms with Crippen molar-refractivity contribution in [1.82, 2.24) is 14.9 Å². The van der Waals surface area contributed by atoms with E-state index in [-0.39, 0.29) is 11.9 Å². The molecule has 0 aromatic carbocycles. The first-order valence-corrected chi connectivity index (χ1v) is 10.6. The van der Waals surface area contributed by atoms with Crippen LogP contribution in [-0.2, 0) is 14.3 Å². The van der Waals surface area contributed by atoms with E-state index in [9.17, 15) is 9.59 Å². The fourth-order valence-corrected chi connectivity index (χ4v) is 4.33. The quantitative estimate of drug-likeness (QED) is 0.402. The molecule has 146 valence electrons. The Morgan fingerprint density at radius 2 is 2.00 bits per heavy atom. The molecule has 1 heterocycles. The lowest BCUT2D eigenvalue weighted by Gasteiger charge is -2.26. The van der Waals surface area contributed by atoms with Crippen LogP contribution >= 0.6 is 11.8 Å². The molecular formula is C19H31N3O3S. The molecule has 1 aliphatic rings. The van der Waals surface area contributed by atoms with E-state index >= 15 is 0 Å². The third kappa shape index (κ3) is 6.04. The second-order valence-electron chi connectivity index (χ2n) is 6.77.